The SMILES string of the molecule is Cc1ccc(C(=O)c2oc3ccc4ccccc4c3c2N)cc1. The van der Waals surface area contributed by atoms with Crippen LogP contribution in [0.3, 0.4) is 0 Å². The molecule has 23 heavy (non-hydrogen) atoms. The van der Waals surface area contributed by atoms with Crippen molar-refractivity contribution >= 4 is 33.2 Å². The van der Waals surface area contributed by atoms with Crippen LogP contribution in [0.4, 0.5) is 5.69 Å². The molecule has 3 heteroatoms. The summed E-state index contributed by atoms with van der Waals surface area (Å²) < 4.78 is 5.78. The first-order valence-electron chi connectivity index (χ1n) is 7.46. The largest absolute Gasteiger partial charge is 0.450 e. The third-order valence-corrected chi connectivity index (χ3v) is 4.14. The highest BCUT2D eigenvalue weighted by Crippen LogP contribution is 2.35. The molecule has 0 aliphatic carbocycles. The number of hydrogen-bond acceptors (Lipinski definition) is 3. The Morgan fingerprint density at radius 1 is 0.957 bits per heavy atom. The van der Waals surface area contributed by atoms with Crippen molar-refractivity contribution in [1.82, 2.24) is 0 Å². The Balaban J connectivity index is 1.94. The number of aryl methyl sites for hydroxylation is 1. The highest BCUT2D eigenvalue weighted by molar-refractivity contribution is 6.19. The van der Waals surface area contributed by atoms with E-state index in [0.717, 1.165) is 21.7 Å². The molecule has 0 atom stereocenters. The molecule has 3 nitrogen and oxygen atoms in total. The van der Waals surface area contributed by atoms with Crippen molar-refractivity contribution < 1.29 is 9.21 Å². The van der Waals surface area contributed by atoms with Gasteiger partial charge in [-0.15, -0.1) is 0 Å². The zero-order valence-electron chi connectivity index (χ0n) is 12.7. The van der Waals surface area contributed by atoms with Gasteiger partial charge in [0.05, 0.1) is 11.1 Å². The Labute approximate surface area is 133 Å². The van der Waals surface area contributed by atoms with Crippen molar-refractivity contribution in [3.8, 4) is 0 Å². The summed E-state index contributed by atoms with van der Waals surface area (Å²) in [6.07, 6.45) is 0. The lowest BCUT2D eigenvalue weighted by atomic mass is 10.0. The first-order valence-corrected chi connectivity index (χ1v) is 7.46. The summed E-state index contributed by atoms with van der Waals surface area (Å²) in [6, 6.07) is 19.2. The molecule has 4 rings (SSSR count). The van der Waals surface area contributed by atoms with Crippen LogP contribution < -0.4 is 5.73 Å². The number of benzene rings is 3. The van der Waals surface area contributed by atoms with Crippen LogP contribution in [0, 0.1) is 6.92 Å². The molecule has 3 aromatic carbocycles. The van der Waals surface area contributed by atoms with Crippen LogP contribution in [0.1, 0.15) is 21.7 Å². The minimum atomic E-state index is -0.192. The number of nitrogens with two attached hydrogens (primary N) is 1. The molecule has 0 spiro atoms. The number of furan rings is 1. The molecule has 4 aromatic rings. The second-order valence-corrected chi connectivity index (χ2v) is 5.70. The highest BCUT2D eigenvalue weighted by Gasteiger charge is 2.21. The first kappa shape index (κ1) is 13.6. The molecule has 1 heterocycles. The maximum absolute atomic E-state index is 12.7. The van der Waals surface area contributed by atoms with E-state index < -0.39 is 0 Å². The number of carbonyl (C=O) groups excluding carboxylic acids is 1. The van der Waals surface area contributed by atoms with E-state index >= 15 is 0 Å². The minimum absolute atomic E-state index is 0.192. The third-order valence-electron chi connectivity index (χ3n) is 4.14. The normalized spacial score (nSPS) is 11.2. The fourth-order valence-corrected chi connectivity index (χ4v) is 2.90. The smallest absolute Gasteiger partial charge is 0.230 e. The Kier molecular flexibility index (Phi) is 2.95. The van der Waals surface area contributed by atoms with Gasteiger partial charge in [0, 0.05) is 5.56 Å². The predicted molar refractivity (Wildman–Crippen MR) is 92.7 cm³/mol. The van der Waals surface area contributed by atoms with Gasteiger partial charge in [-0.25, -0.2) is 0 Å². The lowest BCUT2D eigenvalue weighted by molar-refractivity contribution is 0.101. The molecule has 0 saturated heterocycles. The standard InChI is InChI=1S/C20H15NO2/c1-12-6-8-14(9-7-12)19(22)20-18(21)17-15-5-3-2-4-13(15)10-11-16(17)23-20/h2-11H,21H2,1H3. The van der Waals surface area contributed by atoms with Gasteiger partial charge in [-0.1, -0.05) is 60.2 Å². The van der Waals surface area contributed by atoms with Gasteiger partial charge in [-0.2, -0.15) is 0 Å². The molecule has 0 unspecified atom stereocenters. The van der Waals surface area contributed by atoms with Crippen molar-refractivity contribution in [3.63, 3.8) is 0 Å². The number of rotatable bonds is 2. The summed E-state index contributed by atoms with van der Waals surface area (Å²) in [6.45, 7) is 1.98. The maximum Gasteiger partial charge on any atom is 0.230 e. The lowest BCUT2D eigenvalue weighted by Crippen LogP contribution is -2.02. The summed E-state index contributed by atoms with van der Waals surface area (Å²) in [5.41, 5.74) is 8.98. The zero-order chi connectivity index (χ0) is 16.0. The van der Waals surface area contributed by atoms with Gasteiger partial charge in [0.25, 0.3) is 0 Å². The van der Waals surface area contributed by atoms with E-state index in [1.54, 1.807) is 12.1 Å². The average Bonchev–Trinajstić information content (AvgIpc) is 2.92. The van der Waals surface area contributed by atoms with E-state index in [4.69, 9.17) is 10.2 Å². The molecule has 0 fully saturated rings. The van der Waals surface area contributed by atoms with E-state index in [0.29, 0.717) is 16.8 Å². The topological polar surface area (TPSA) is 56.2 Å². The predicted octanol–water partition coefficient (Wildman–Crippen LogP) is 4.71. The van der Waals surface area contributed by atoms with Gasteiger partial charge in [-0.3, -0.25) is 4.79 Å². The summed E-state index contributed by atoms with van der Waals surface area (Å²) >= 11 is 0. The van der Waals surface area contributed by atoms with Crippen LogP contribution >= 0.6 is 0 Å². The third kappa shape index (κ3) is 2.09. The monoisotopic (exact) mass is 301 g/mol. The van der Waals surface area contributed by atoms with E-state index in [1.807, 2.05) is 55.5 Å². The number of hydrogen-bond donors (Lipinski definition) is 1. The van der Waals surface area contributed by atoms with Crippen molar-refractivity contribution in [3.05, 3.63) is 77.6 Å². The average molecular weight is 301 g/mol. The molecular formula is C20H15NO2. The van der Waals surface area contributed by atoms with Gasteiger partial charge < -0.3 is 10.2 Å². The van der Waals surface area contributed by atoms with E-state index in [1.165, 1.54) is 0 Å². The maximum atomic E-state index is 12.7. The molecule has 112 valence electrons. The molecular weight excluding hydrogens is 286 g/mol. The first-order chi connectivity index (χ1) is 11.1. The second-order valence-electron chi connectivity index (χ2n) is 5.70. The minimum Gasteiger partial charge on any atom is -0.450 e. The zero-order valence-corrected chi connectivity index (χ0v) is 12.7. The molecule has 0 radical (unpaired) electrons. The second kappa shape index (κ2) is 4.99. The Hall–Kier alpha value is -3.07. The van der Waals surface area contributed by atoms with Crippen molar-refractivity contribution in [2.24, 2.45) is 0 Å². The number of nitrogen functional groups attached to an aromatic ring is 1. The number of carbonyl (C=O) groups is 1. The summed E-state index contributed by atoms with van der Waals surface area (Å²) in [5.74, 6) is 0.0167. The molecule has 0 aliphatic heterocycles. The Morgan fingerprint density at radius 2 is 1.70 bits per heavy atom. The van der Waals surface area contributed by atoms with E-state index in [2.05, 4.69) is 0 Å². The van der Waals surface area contributed by atoms with Gasteiger partial charge >= 0.3 is 0 Å². The van der Waals surface area contributed by atoms with Gasteiger partial charge in [0.15, 0.2) is 5.76 Å². The Bertz CT molecular complexity index is 1040. The van der Waals surface area contributed by atoms with Crippen molar-refractivity contribution in [1.29, 1.82) is 0 Å². The van der Waals surface area contributed by atoms with Crippen molar-refractivity contribution in [2.75, 3.05) is 5.73 Å². The fourth-order valence-electron chi connectivity index (χ4n) is 2.90. The van der Waals surface area contributed by atoms with Gasteiger partial charge in [0.1, 0.15) is 5.58 Å². The van der Waals surface area contributed by atoms with Crippen LogP contribution in [0.15, 0.2) is 65.1 Å². The highest BCUT2D eigenvalue weighted by atomic mass is 16.3. The fraction of sp³-hybridized carbons (Fsp3) is 0.0500. The van der Waals surface area contributed by atoms with Crippen LogP contribution in [-0.4, -0.2) is 5.78 Å². The summed E-state index contributed by atoms with van der Waals surface area (Å²) in [4.78, 5) is 12.7. The number of ketones is 1. The summed E-state index contributed by atoms with van der Waals surface area (Å²) in [7, 11) is 0. The molecule has 0 aliphatic rings. The number of fused-ring (bicyclic) bond motifs is 3. The van der Waals surface area contributed by atoms with Crippen LogP contribution in [0.25, 0.3) is 21.7 Å². The molecule has 0 saturated carbocycles. The van der Waals surface area contributed by atoms with Gasteiger partial charge in [0.2, 0.25) is 5.78 Å². The summed E-state index contributed by atoms with van der Waals surface area (Å²) in [5, 5.41) is 2.87. The van der Waals surface area contributed by atoms with E-state index in [-0.39, 0.29) is 11.5 Å². The molecule has 0 amide bonds. The van der Waals surface area contributed by atoms with Crippen LogP contribution in [-0.2, 0) is 0 Å². The van der Waals surface area contributed by atoms with Crippen LogP contribution in [0.5, 0.6) is 0 Å². The van der Waals surface area contributed by atoms with Crippen molar-refractivity contribution in [2.45, 2.75) is 6.92 Å². The van der Waals surface area contributed by atoms with Crippen LogP contribution in [0.2, 0.25) is 0 Å². The van der Waals surface area contributed by atoms with Gasteiger partial charge in [-0.05, 0) is 23.8 Å². The quantitative estimate of drug-likeness (QED) is 0.546. The molecule has 2 N–H and O–H groups in total. The molecule has 0 bridgehead atoms. The molecule has 1 aromatic heterocycles. The Morgan fingerprint density at radius 3 is 2.48 bits per heavy atom. The lowest BCUT2D eigenvalue weighted by Gasteiger charge is -2.00. The number of anilines is 1. The van der Waals surface area contributed by atoms with E-state index in [9.17, 15) is 4.79 Å².